The smallest absolute Gasteiger partial charge is 0.269 e. The van der Waals surface area contributed by atoms with Crippen molar-refractivity contribution in [3.8, 4) is 11.3 Å². The highest BCUT2D eigenvalue weighted by Crippen LogP contribution is 2.23. The van der Waals surface area contributed by atoms with Gasteiger partial charge in [0.05, 0.1) is 11.1 Å². The van der Waals surface area contributed by atoms with Crippen LogP contribution in [-0.4, -0.2) is 17.1 Å². The minimum absolute atomic E-state index is 0.0230. The first-order chi connectivity index (χ1) is 9.56. The van der Waals surface area contributed by atoms with Crippen molar-refractivity contribution in [1.82, 2.24) is 0 Å². The van der Waals surface area contributed by atoms with Crippen LogP contribution in [0, 0.1) is 10.1 Å². The van der Waals surface area contributed by atoms with Gasteiger partial charge in [-0.2, -0.15) is 5.10 Å². The summed E-state index contributed by atoms with van der Waals surface area (Å²) in [6.07, 6.45) is 1.36. The third-order valence-electron chi connectivity index (χ3n) is 2.35. The number of hydrogen-bond donors (Lipinski definition) is 2. The van der Waals surface area contributed by atoms with Gasteiger partial charge < -0.3 is 15.9 Å². The maximum absolute atomic E-state index is 10.6. The third-order valence-corrected chi connectivity index (χ3v) is 2.35. The van der Waals surface area contributed by atoms with Crippen LogP contribution in [0.5, 0.6) is 0 Å². The van der Waals surface area contributed by atoms with Crippen molar-refractivity contribution >= 4 is 17.9 Å². The van der Waals surface area contributed by atoms with Gasteiger partial charge in [0.2, 0.25) is 5.96 Å². The monoisotopic (exact) mass is 273 g/mol. The van der Waals surface area contributed by atoms with Crippen LogP contribution < -0.4 is 11.5 Å². The predicted octanol–water partition coefficient (Wildman–Crippen LogP) is 1.46. The van der Waals surface area contributed by atoms with Gasteiger partial charge in [-0.3, -0.25) is 10.1 Å². The number of non-ortho nitro benzene ring substituents is 1. The van der Waals surface area contributed by atoms with Gasteiger partial charge in [0.15, 0.2) is 0 Å². The topological polar surface area (TPSA) is 133 Å². The summed E-state index contributed by atoms with van der Waals surface area (Å²) in [5.41, 5.74) is 11.0. The molecule has 20 heavy (non-hydrogen) atoms. The molecule has 0 radical (unpaired) electrons. The molecule has 8 nitrogen and oxygen atoms in total. The zero-order valence-electron chi connectivity index (χ0n) is 10.3. The molecule has 4 N–H and O–H groups in total. The van der Waals surface area contributed by atoms with Crippen molar-refractivity contribution in [3.63, 3.8) is 0 Å². The first kappa shape index (κ1) is 13.3. The Morgan fingerprint density at radius 3 is 2.50 bits per heavy atom. The summed E-state index contributed by atoms with van der Waals surface area (Å²) in [7, 11) is 0. The molecule has 102 valence electrons. The van der Waals surface area contributed by atoms with Gasteiger partial charge in [-0.1, -0.05) is 0 Å². The number of furan rings is 1. The SMILES string of the molecule is NC(N)=N/N=C/c1ccc(-c2ccc([N+](=O)[O-])cc2)o1. The Bertz CT molecular complexity index is 669. The number of guanidine groups is 1. The Balaban J connectivity index is 2.18. The highest BCUT2D eigenvalue weighted by Gasteiger charge is 2.07. The lowest BCUT2D eigenvalue weighted by Gasteiger charge is -1.96. The maximum Gasteiger partial charge on any atom is 0.269 e. The summed E-state index contributed by atoms with van der Waals surface area (Å²) in [5.74, 6) is 0.873. The van der Waals surface area contributed by atoms with Crippen molar-refractivity contribution in [1.29, 1.82) is 0 Å². The lowest BCUT2D eigenvalue weighted by molar-refractivity contribution is -0.384. The number of nitro benzene ring substituents is 1. The van der Waals surface area contributed by atoms with Gasteiger partial charge in [0, 0.05) is 17.7 Å². The summed E-state index contributed by atoms with van der Waals surface area (Å²) in [6, 6.07) is 9.43. The largest absolute Gasteiger partial charge is 0.455 e. The molecule has 0 amide bonds. The molecule has 0 aliphatic carbocycles. The fraction of sp³-hybridized carbons (Fsp3) is 0. The molecule has 0 saturated heterocycles. The van der Waals surface area contributed by atoms with E-state index in [4.69, 9.17) is 15.9 Å². The highest BCUT2D eigenvalue weighted by molar-refractivity contribution is 5.80. The number of hydrogen-bond acceptors (Lipinski definition) is 5. The minimum Gasteiger partial charge on any atom is -0.455 e. The van der Waals surface area contributed by atoms with Crippen LogP contribution in [0.25, 0.3) is 11.3 Å². The first-order valence-electron chi connectivity index (χ1n) is 5.53. The van der Waals surface area contributed by atoms with E-state index in [9.17, 15) is 10.1 Å². The fourth-order valence-corrected chi connectivity index (χ4v) is 1.48. The van der Waals surface area contributed by atoms with E-state index in [1.54, 1.807) is 24.3 Å². The Morgan fingerprint density at radius 1 is 1.20 bits per heavy atom. The van der Waals surface area contributed by atoms with Crippen molar-refractivity contribution in [2.75, 3.05) is 0 Å². The van der Waals surface area contributed by atoms with Gasteiger partial charge in [0.25, 0.3) is 5.69 Å². The van der Waals surface area contributed by atoms with E-state index < -0.39 is 4.92 Å². The summed E-state index contributed by atoms with van der Waals surface area (Å²) in [4.78, 5) is 10.1. The molecule has 0 saturated carbocycles. The Kier molecular flexibility index (Phi) is 3.75. The second-order valence-electron chi connectivity index (χ2n) is 3.78. The van der Waals surface area contributed by atoms with Crippen LogP contribution in [0.15, 0.2) is 51.0 Å². The Morgan fingerprint density at radius 2 is 1.90 bits per heavy atom. The van der Waals surface area contributed by atoms with Crippen molar-refractivity contribution < 1.29 is 9.34 Å². The highest BCUT2D eigenvalue weighted by atomic mass is 16.6. The van der Waals surface area contributed by atoms with E-state index in [0.717, 1.165) is 5.56 Å². The zero-order chi connectivity index (χ0) is 14.5. The van der Waals surface area contributed by atoms with E-state index in [2.05, 4.69) is 10.2 Å². The molecular weight excluding hydrogens is 262 g/mol. The first-order valence-corrected chi connectivity index (χ1v) is 5.53. The second-order valence-corrected chi connectivity index (χ2v) is 3.78. The van der Waals surface area contributed by atoms with Crippen LogP contribution >= 0.6 is 0 Å². The van der Waals surface area contributed by atoms with E-state index in [0.29, 0.717) is 11.5 Å². The molecule has 1 heterocycles. The van der Waals surface area contributed by atoms with Gasteiger partial charge in [0.1, 0.15) is 11.5 Å². The lowest BCUT2D eigenvalue weighted by atomic mass is 10.1. The summed E-state index contributed by atoms with van der Waals surface area (Å²) >= 11 is 0. The Hall–Kier alpha value is -3.16. The van der Waals surface area contributed by atoms with Crippen LogP contribution in [-0.2, 0) is 0 Å². The maximum atomic E-state index is 10.6. The molecule has 2 aromatic rings. The van der Waals surface area contributed by atoms with Crippen LogP contribution in [0.3, 0.4) is 0 Å². The zero-order valence-corrected chi connectivity index (χ0v) is 10.3. The molecule has 0 aliphatic heterocycles. The van der Waals surface area contributed by atoms with Crippen LogP contribution in [0.4, 0.5) is 5.69 Å². The van der Waals surface area contributed by atoms with Crippen LogP contribution in [0.2, 0.25) is 0 Å². The number of nitro groups is 1. The summed E-state index contributed by atoms with van der Waals surface area (Å²) in [5, 5.41) is 17.6. The normalized spacial score (nSPS) is 10.6. The molecule has 0 bridgehead atoms. The van der Waals surface area contributed by atoms with Gasteiger partial charge in [-0.05, 0) is 24.3 Å². The molecule has 8 heteroatoms. The second kappa shape index (κ2) is 5.65. The van der Waals surface area contributed by atoms with Gasteiger partial charge in [-0.25, -0.2) is 0 Å². The standard InChI is InChI=1S/C12H11N5O3/c13-12(14)16-15-7-10-5-6-11(20-10)8-1-3-9(4-2-8)17(18)19/h1-7H,(H4,13,14,16)/b15-7+. The molecule has 0 unspecified atom stereocenters. The molecule has 0 atom stereocenters. The molecule has 0 spiro atoms. The minimum atomic E-state index is -0.459. The molecule has 1 aromatic carbocycles. The van der Waals surface area contributed by atoms with Crippen molar-refractivity contribution in [2.24, 2.45) is 21.7 Å². The quantitative estimate of drug-likeness (QED) is 0.376. The Labute approximate surface area is 113 Å². The fourth-order valence-electron chi connectivity index (χ4n) is 1.48. The van der Waals surface area contributed by atoms with E-state index in [1.807, 2.05) is 0 Å². The molecule has 0 fully saturated rings. The molecular formula is C12H11N5O3. The lowest BCUT2D eigenvalue weighted by Crippen LogP contribution is -2.21. The molecule has 2 rings (SSSR count). The van der Waals surface area contributed by atoms with Gasteiger partial charge in [-0.15, -0.1) is 5.10 Å². The summed E-state index contributed by atoms with van der Waals surface area (Å²) < 4.78 is 5.48. The predicted molar refractivity (Wildman–Crippen MR) is 74.2 cm³/mol. The van der Waals surface area contributed by atoms with Crippen molar-refractivity contribution in [2.45, 2.75) is 0 Å². The van der Waals surface area contributed by atoms with Gasteiger partial charge >= 0.3 is 0 Å². The van der Waals surface area contributed by atoms with E-state index in [-0.39, 0.29) is 11.6 Å². The average molecular weight is 273 g/mol. The van der Waals surface area contributed by atoms with E-state index in [1.165, 1.54) is 18.3 Å². The van der Waals surface area contributed by atoms with Crippen molar-refractivity contribution in [3.05, 3.63) is 52.3 Å². The number of nitrogens with two attached hydrogens (primary N) is 2. The number of rotatable bonds is 4. The third kappa shape index (κ3) is 3.19. The number of nitrogens with zero attached hydrogens (tertiary/aromatic N) is 3. The summed E-state index contributed by atoms with van der Waals surface area (Å²) in [6.45, 7) is 0. The molecule has 0 aliphatic rings. The molecule has 1 aromatic heterocycles. The number of benzene rings is 1. The van der Waals surface area contributed by atoms with Crippen LogP contribution in [0.1, 0.15) is 5.76 Å². The average Bonchev–Trinajstić information content (AvgIpc) is 2.87. The van der Waals surface area contributed by atoms with E-state index >= 15 is 0 Å².